The number of carbonyl (C=O) groups excluding carboxylic acids is 1. The van der Waals surface area contributed by atoms with Gasteiger partial charge in [-0.3, -0.25) is 4.79 Å². The molecular formula is C15H28ClN3O. The molecule has 0 heterocycles. The van der Waals surface area contributed by atoms with E-state index in [1.165, 1.54) is 26.6 Å². The lowest BCUT2D eigenvalue weighted by Gasteiger charge is -2.13. The molecule has 5 heteroatoms. The maximum absolute atomic E-state index is 10.7. The van der Waals surface area contributed by atoms with Crippen LogP contribution in [0, 0.1) is 0 Å². The number of halogens is 1. The Labute approximate surface area is 129 Å². The first-order chi connectivity index (χ1) is 9.07. The number of amides is 1. The highest BCUT2D eigenvalue weighted by atomic mass is 35.5. The molecular weight excluding hydrogens is 274 g/mol. The summed E-state index contributed by atoms with van der Waals surface area (Å²) < 4.78 is 0. The largest absolute Gasteiger partial charge is 0.326 e. The minimum Gasteiger partial charge on any atom is -0.326 e. The summed E-state index contributed by atoms with van der Waals surface area (Å²) in [5.41, 5.74) is 7.25. The van der Waals surface area contributed by atoms with Gasteiger partial charge in [0, 0.05) is 19.2 Å². The Bertz CT molecular complexity index is 362. The van der Waals surface area contributed by atoms with Crippen LogP contribution in [0.25, 0.3) is 0 Å². The lowest BCUT2D eigenvalue weighted by Crippen LogP contribution is -2.21. The maximum Gasteiger partial charge on any atom is 0.221 e. The smallest absolute Gasteiger partial charge is 0.221 e. The molecule has 0 atom stereocenters. The van der Waals surface area contributed by atoms with E-state index >= 15 is 0 Å². The van der Waals surface area contributed by atoms with Crippen LogP contribution in [0.2, 0.25) is 0 Å². The van der Waals surface area contributed by atoms with Crippen LogP contribution in [0.5, 0.6) is 0 Å². The van der Waals surface area contributed by atoms with Crippen molar-refractivity contribution in [1.82, 2.24) is 4.90 Å². The average molecular weight is 302 g/mol. The fourth-order valence-corrected chi connectivity index (χ4v) is 1.65. The SMILES string of the molecule is CC(=O)Nc1cccc(CN)c1.CCN(CC)CC.Cl. The number of hydrogen-bond acceptors (Lipinski definition) is 3. The van der Waals surface area contributed by atoms with Gasteiger partial charge in [-0.15, -0.1) is 12.4 Å². The molecule has 0 fully saturated rings. The molecule has 1 amide bonds. The van der Waals surface area contributed by atoms with Crippen LogP contribution in [-0.4, -0.2) is 30.4 Å². The Kier molecular flexibility index (Phi) is 13.7. The highest BCUT2D eigenvalue weighted by Crippen LogP contribution is 2.09. The minimum atomic E-state index is -0.0656. The predicted molar refractivity (Wildman–Crippen MR) is 89.3 cm³/mol. The first-order valence-electron chi connectivity index (χ1n) is 6.86. The normalized spacial score (nSPS) is 9.30. The van der Waals surface area contributed by atoms with Gasteiger partial charge in [-0.2, -0.15) is 0 Å². The topological polar surface area (TPSA) is 58.4 Å². The molecule has 3 N–H and O–H groups in total. The van der Waals surface area contributed by atoms with Gasteiger partial charge in [-0.25, -0.2) is 0 Å². The zero-order chi connectivity index (χ0) is 14.7. The third-order valence-corrected chi connectivity index (χ3v) is 2.82. The summed E-state index contributed by atoms with van der Waals surface area (Å²) in [6, 6.07) is 7.49. The standard InChI is InChI=1S/C9H12N2O.C6H15N.ClH/c1-7(12)11-9-4-2-3-8(5-9)6-10;1-4-7(5-2)6-3;/h2-5H,6,10H2,1H3,(H,11,12);4-6H2,1-3H3;1H. The Morgan fingerprint density at radius 1 is 1.20 bits per heavy atom. The van der Waals surface area contributed by atoms with E-state index in [1.807, 2.05) is 24.3 Å². The van der Waals surface area contributed by atoms with Gasteiger partial charge < -0.3 is 16.0 Å². The van der Waals surface area contributed by atoms with E-state index in [2.05, 4.69) is 31.0 Å². The second kappa shape index (κ2) is 12.9. The van der Waals surface area contributed by atoms with Crippen molar-refractivity contribution in [2.24, 2.45) is 5.73 Å². The predicted octanol–water partition coefficient (Wildman–Crippen LogP) is 2.87. The molecule has 1 aromatic rings. The van der Waals surface area contributed by atoms with Crippen molar-refractivity contribution in [2.45, 2.75) is 34.2 Å². The number of hydrogen-bond donors (Lipinski definition) is 2. The number of rotatable bonds is 5. The highest BCUT2D eigenvalue weighted by Gasteiger charge is 1.95. The number of nitrogens with two attached hydrogens (primary N) is 1. The molecule has 0 saturated carbocycles. The van der Waals surface area contributed by atoms with Crippen molar-refractivity contribution >= 4 is 24.0 Å². The fraction of sp³-hybridized carbons (Fsp3) is 0.533. The number of nitrogens with zero attached hydrogens (tertiary/aromatic N) is 1. The van der Waals surface area contributed by atoms with Gasteiger partial charge >= 0.3 is 0 Å². The fourth-order valence-electron chi connectivity index (χ4n) is 1.65. The second-order valence-corrected chi connectivity index (χ2v) is 4.21. The zero-order valence-corrected chi connectivity index (χ0v) is 13.8. The molecule has 4 nitrogen and oxygen atoms in total. The van der Waals surface area contributed by atoms with Crippen molar-refractivity contribution in [2.75, 3.05) is 25.0 Å². The van der Waals surface area contributed by atoms with Crippen LogP contribution in [0.3, 0.4) is 0 Å². The highest BCUT2D eigenvalue weighted by molar-refractivity contribution is 5.88. The molecule has 0 spiro atoms. The van der Waals surface area contributed by atoms with E-state index in [-0.39, 0.29) is 18.3 Å². The molecule has 20 heavy (non-hydrogen) atoms. The van der Waals surface area contributed by atoms with Crippen LogP contribution in [0.1, 0.15) is 33.3 Å². The molecule has 0 aliphatic rings. The Balaban J connectivity index is 0. The molecule has 0 aliphatic heterocycles. The van der Waals surface area contributed by atoms with Crippen LogP contribution < -0.4 is 11.1 Å². The van der Waals surface area contributed by atoms with Gasteiger partial charge in [0.05, 0.1) is 0 Å². The third-order valence-electron chi connectivity index (χ3n) is 2.82. The minimum absolute atomic E-state index is 0. The van der Waals surface area contributed by atoms with E-state index < -0.39 is 0 Å². The number of anilines is 1. The Morgan fingerprint density at radius 2 is 1.75 bits per heavy atom. The van der Waals surface area contributed by atoms with Crippen LogP contribution in [-0.2, 0) is 11.3 Å². The summed E-state index contributed by atoms with van der Waals surface area (Å²) in [6.45, 7) is 12.1. The average Bonchev–Trinajstić information content (AvgIpc) is 2.41. The first kappa shape index (κ1) is 21.2. The summed E-state index contributed by atoms with van der Waals surface area (Å²) in [6.07, 6.45) is 0. The lowest BCUT2D eigenvalue weighted by molar-refractivity contribution is -0.114. The van der Waals surface area contributed by atoms with Crippen LogP contribution >= 0.6 is 12.4 Å². The van der Waals surface area contributed by atoms with Gasteiger partial charge in [0.1, 0.15) is 0 Å². The Morgan fingerprint density at radius 3 is 2.10 bits per heavy atom. The summed E-state index contributed by atoms with van der Waals surface area (Å²) in [5.74, 6) is -0.0656. The summed E-state index contributed by atoms with van der Waals surface area (Å²) in [7, 11) is 0. The van der Waals surface area contributed by atoms with E-state index in [1.54, 1.807) is 0 Å². The molecule has 116 valence electrons. The Hall–Kier alpha value is -1.10. The summed E-state index contributed by atoms with van der Waals surface area (Å²) in [4.78, 5) is 13.0. The van der Waals surface area contributed by atoms with E-state index in [0.29, 0.717) is 6.54 Å². The van der Waals surface area contributed by atoms with Gasteiger partial charge in [0.25, 0.3) is 0 Å². The van der Waals surface area contributed by atoms with Crippen LogP contribution in [0.4, 0.5) is 5.69 Å². The lowest BCUT2D eigenvalue weighted by atomic mass is 10.2. The molecule has 0 radical (unpaired) electrons. The quantitative estimate of drug-likeness (QED) is 0.879. The summed E-state index contributed by atoms with van der Waals surface area (Å²) in [5, 5.41) is 2.68. The van der Waals surface area contributed by atoms with Crippen molar-refractivity contribution in [3.63, 3.8) is 0 Å². The van der Waals surface area contributed by atoms with Gasteiger partial charge in [-0.1, -0.05) is 32.9 Å². The van der Waals surface area contributed by atoms with E-state index in [4.69, 9.17) is 5.73 Å². The van der Waals surface area contributed by atoms with Crippen LogP contribution in [0.15, 0.2) is 24.3 Å². The van der Waals surface area contributed by atoms with Crippen molar-refractivity contribution in [1.29, 1.82) is 0 Å². The van der Waals surface area contributed by atoms with Crippen molar-refractivity contribution in [3.05, 3.63) is 29.8 Å². The second-order valence-electron chi connectivity index (χ2n) is 4.21. The number of nitrogens with one attached hydrogen (secondary N) is 1. The molecule has 1 rings (SSSR count). The first-order valence-corrected chi connectivity index (χ1v) is 6.86. The monoisotopic (exact) mass is 301 g/mol. The number of carbonyl (C=O) groups is 1. The molecule has 0 aliphatic carbocycles. The molecule has 1 aromatic carbocycles. The molecule has 0 unspecified atom stereocenters. The number of benzene rings is 1. The summed E-state index contributed by atoms with van der Waals surface area (Å²) >= 11 is 0. The molecule has 0 bridgehead atoms. The van der Waals surface area contributed by atoms with Gasteiger partial charge in [0.15, 0.2) is 0 Å². The molecule has 0 aromatic heterocycles. The van der Waals surface area contributed by atoms with Crippen molar-refractivity contribution < 1.29 is 4.79 Å². The maximum atomic E-state index is 10.7. The van der Waals surface area contributed by atoms with Crippen molar-refractivity contribution in [3.8, 4) is 0 Å². The molecule has 0 saturated heterocycles. The zero-order valence-electron chi connectivity index (χ0n) is 13.0. The van der Waals surface area contributed by atoms with Gasteiger partial charge in [0.2, 0.25) is 5.91 Å². The van der Waals surface area contributed by atoms with E-state index in [0.717, 1.165) is 11.3 Å². The third kappa shape index (κ3) is 9.78. The van der Waals surface area contributed by atoms with Gasteiger partial charge in [-0.05, 0) is 37.3 Å². The van der Waals surface area contributed by atoms with E-state index in [9.17, 15) is 4.79 Å².